The first-order valence-corrected chi connectivity index (χ1v) is 7.87. The molecule has 1 aromatic carbocycles. The van der Waals surface area contributed by atoms with Crippen LogP contribution in [0.3, 0.4) is 0 Å². The predicted octanol–water partition coefficient (Wildman–Crippen LogP) is 3.27. The zero-order chi connectivity index (χ0) is 14.1. The summed E-state index contributed by atoms with van der Waals surface area (Å²) < 4.78 is 14.0. The van der Waals surface area contributed by atoms with Crippen LogP contribution in [0.1, 0.15) is 42.9 Å². The van der Waals surface area contributed by atoms with Crippen molar-refractivity contribution in [1.29, 1.82) is 0 Å². The van der Waals surface area contributed by atoms with Crippen LogP contribution in [0.25, 0.3) is 0 Å². The Kier molecular flexibility index (Phi) is 4.08. The van der Waals surface area contributed by atoms with Crippen molar-refractivity contribution >= 4 is 0 Å². The third kappa shape index (κ3) is 2.75. The second-order valence-electron chi connectivity index (χ2n) is 6.38. The molecular formula is C17H25FN2. The molecule has 20 heavy (non-hydrogen) atoms. The number of halogens is 1. The Morgan fingerprint density at radius 3 is 2.75 bits per heavy atom. The van der Waals surface area contributed by atoms with Crippen LogP contribution < -0.4 is 5.32 Å². The molecule has 0 spiro atoms. The lowest BCUT2D eigenvalue weighted by Gasteiger charge is -2.42. The average Bonchev–Trinajstić information content (AvgIpc) is 3.27. The van der Waals surface area contributed by atoms with Gasteiger partial charge in [0.15, 0.2) is 0 Å². The molecule has 2 fully saturated rings. The number of benzene rings is 1. The van der Waals surface area contributed by atoms with Gasteiger partial charge in [0.2, 0.25) is 0 Å². The van der Waals surface area contributed by atoms with E-state index in [2.05, 4.69) is 16.3 Å². The monoisotopic (exact) mass is 276 g/mol. The minimum atomic E-state index is -0.0629. The van der Waals surface area contributed by atoms with Gasteiger partial charge in [-0.05, 0) is 75.9 Å². The van der Waals surface area contributed by atoms with E-state index in [4.69, 9.17) is 0 Å². The summed E-state index contributed by atoms with van der Waals surface area (Å²) in [5.74, 6) is 0.531. The highest BCUT2D eigenvalue weighted by molar-refractivity contribution is 5.27. The second kappa shape index (κ2) is 5.82. The summed E-state index contributed by atoms with van der Waals surface area (Å²) in [6, 6.07) is 6.96. The molecule has 1 N–H and O–H groups in total. The van der Waals surface area contributed by atoms with Crippen LogP contribution in [-0.2, 0) is 0 Å². The maximum Gasteiger partial charge on any atom is 0.126 e. The van der Waals surface area contributed by atoms with Gasteiger partial charge >= 0.3 is 0 Å². The summed E-state index contributed by atoms with van der Waals surface area (Å²) in [5, 5.41) is 3.32. The standard InChI is InChI=1S/C17H25FN2/c1-12-5-6-13(10-16(12)18)17-14(11-19-2)4-3-9-20(17)15-7-8-15/h5-6,10,14-15,17,19H,3-4,7-9,11H2,1-2H3. The molecule has 1 aromatic rings. The first-order chi connectivity index (χ1) is 9.70. The van der Waals surface area contributed by atoms with E-state index >= 15 is 0 Å². The fourth-order valence-corrected chi connectivity index (χ4v) is 3.65. The maximum atomic E-state index is 14.0. The Labute approximate surface area is 121 Å². The summed E-state index contributed by atoms with van der Waals surface area (Å²) in [5.41, 5.74) is 1.91. The highest BCUT2D eigenvalue weighted by Crippen LogP contribution is 2.42. The number of hydrogen-bond acceptors (Lipinski definition) is 2. The van der Waals surface area contributed by atoms with Gasteiger partial charge in [-0.2, -0.15) is 0 Å². The van der Waals surface area contributed by atoms with E-state index < -0.39 is 0 Å². The van der Waals surface area contributed by atoms with Gasteiger partial charge in [0.25, 0.3) is 0 Å². The van der Waals surface area contributed by atoms with E-state index in [0.29, 0.717) is 12.0 Å². The number of likely N-dealkylation sites (tertiary alicyclic amines) is 1. The average molecular weight is 276 g/mol. The zero-order valence-electron chi connectivity index (χ0n) is 12.5. The molecule has 1 heterocycles. The third-order valence-electron chi connectivity index (χ3n) is 4.81. The Bertz CT molecular complexity index is 468. The number of aryl methyl sites for hydroxylation is 1. The van der Waals surface area contributed by atoms with Crippen molar-refractivity contribution in [2.45, 2.75) is 44.7 Å². The predicted molar refractivity (Wildman–Crippen MR) is 80.3 cm³/mol. The van der Waals surface area contributed by atoms with E-state index in [1.807, 2.05) is 20.0 Å². The minimum Gasteiger partial charge on any atom is -0.319 e. The van der Waals surface area contributed by atoms with Crippen molar-refractivity contribution in [2.24, 2.45) is 5.92 Å². The molecule has 1 aliphatic heterocycles. The van der Waals surface area contributed by atoms with E-state index in [-0.39, 0.29) is 5.82 Å². The lowest BCUT2D eigenvalue weighted by Crippen LogP contribution is -2.43. The second-order valence-corrected chi connectivity index (χ2v) is 6.38. The Hall–Kier alpha value is -0.930. The fourth-order valence-electron chi connectivity index (χ4n) is 3.65. The van der Waals surface area contributed by atoms with Gasteiger partial charge in [0.05, 0.1) is 0 Å². The molecule has 2 unspecified atom stereocenters. The number of nitrogens with zero attached hydrogens (tertiary/aromatic N) is 1. The largest absolute Gasteiger partial charge is 0.319 e. The van der Waals surface area contributed by atoms with Gasteiger partial charge in [-0.3, -0.25) is 4.90 Å². The van der Waals surface area contributed by atoms with Gasteiger partial charge in [-0.15, -0.1) is 0 Å². The lowest BCUT2D eigenvalue weighted by molar-refractivity contribution is 0.0843. The molecule has 2 nitrogen and oxygen atoms in total. The summed E-state index contributed by atoms with van der Waals surface area (Å²) in [4.78, 5) is 2.63. The third-order valence-corrected chi connectivity index (χ3v) is 4.81. The summed E-state index contributed by atoms with van der Waals surface area (Å²) >= 11 is 0. The Balaban J connectivity index is 1.91. The normalized spacial score (nSPS) is 27.8. The highest BCUT2D eigenvalue weighted by atomic mass is 19.1. The number of hydrogen-bond donors (Lipinski definition) is 1. The molecular weight excluding hydrogens is 251 g/mol. The molecule has 0 bridgehead atoms. The van der Waals surface area contributed by atoms with Crippen molar-refractivity contribution in [3.05, 3.63) is 35.1 Å². The summed E-state index contributed by atoms with van der Waals surface area (Å²) in [7, 11) is 2.02. The van der Waals surface area contributed by atoms with Crippen molar-refractivity contribution in [2.75, 3.05) is 20.1 Å². The number of piperidine rings is 1. The number of nitrogens with one attached hydrogen (secondary N) is 1. The number of rotatable bonds is 4. The molecule has 2 aliphatic rings. The van der Waals surface area contributed by atoms with Crippen LogP contribution in [-0.4, -0.2) is 31.1 Å². The topological polar surface area (TPSA) is 15.3 Å². The van der Waals surface area contributed by atoms with Gasteiger partial charge < -0.3 is 5.32 Å². The molecule has 0 aromatic heterocycles. The molecule has 2 atom stereocenters. The minimum absolute atomic E-state index is 0.0629. The lowest BCUT2D eigenvalue weighted by atomic mass is 9.84. The van der Waals surface area contributed by atoms with Crippen LogP contribution in [0.4, 0.5) is 4.39 Å². The van der Waals surface area contributed by atoms with E-state index in [1.54, 1.807) is 6.07 Å². The molecule has 3 rings (SSSR count). The van der Waals surface area contributed by atoms with E-state index in [0.717, 1.165) is 18.2 Å². The van der Waals surface area contributed by atoms with Gasteiger partial charge in [0, 0.05) is 12.1 Å². The Morgan fingerprint density at radius 2 is 2.10 bits per heavy atom. The highest BCUT2D eigenvalue weighted by Gasteiger charge is 2.40. The van der Waals surface area contributed by atoms with Gasteiger partial charge in [0.1, 0.15) is 5.82 Å². The van der Waals surface area contributed by atoms with E-state index in [9.17, 15) is 4.39 Å². The first kappa shape index (κ1) is 14.0. The van der Waals surface area contributed by atoms with Gasteiger partial charge in [-0.25, -0.2) is 4.39 Å². The van der Waals surface area contributed by atoms with Crippen LogP contribution in [0, 0.1) is 18.7 Å². The van der Waals surface area contributed by atoms with Crippen LogP contribution >= 0.6 is 0 Å². The SMILES string of the molecule is CNCC1CCCN(C2CC2)C1c1ccc(C)c(F)c1. The van der Waals surface area contributed by atoms with Crippen molar-refractivity contribution in [1.82, 2.24) is 10.2 Å². The molecule has 3 heteroatoms. The molecule has 1 saturated carbocycles. The van der Waals surface area contributed by atoms with Crippen molar-refractivity contribution in [3.63, 3.8) is 0 Å². The van der Waals surface area contributed by atoms with E-state index in [1.165, 1.54) is 37.8 Å². The van der Waals surface area contributed by atoms with Crippen LogP contribution in [0.5, 0.6) is 0 Å². The van der Waals surface area contributed by atoms with Gasteiger partial charge in [-0.1, -0.05) is 12.1 Å². The zero-order valence-corrected chi connectivity index (χ0v) is 12.5. The molecule has 1 saturated heterocycles. The maximum absolute atomic E-state index is 14.0. The smallest absolute Gasteiger partial charge is 0.126 e. The molecule has 110 valence electrons. The Morgan fingerprint density at radius 1 is 1.30 bits per heavy atom. The van der Waals surface area contributed by atoms with Crippen molar-refractivity contribution < 1.29 is 4.39 Å². The van der Waals surface area contributed by atoms with Crippen LogP contribution in [0.15, 0.2) is 18.2 Å². The molecule has 0 amide bonds. The first-order valence-electron chi connectivity index (χ1n) is 7.87. The quantitative estimate of drug-likeness (QED) is 0.908. The summed E-state index contributed by atoms with van der Waals surface area (Å²) in [6.07, 6.45) is 5.14. The summed E-state index contributed by atoms with van der Waals surface area (Å²) in [6.45, 7) is 4.03. The van der Waals surface area contributed by atoms with Crippen LogP contribution in [0.2, 0.25) is 0 Å². The molecule has 1 aliphatic carbocycles. The molecule has 0 radical (unpaired) electrons. The van der Waals surface area contributed by atoms with Crippen molar-refractivity contribution in [3.8, 4) is 0 Å². The fraction of sp³-hybridized carbons (Fsp3) is 0.647.